The summed E-state index contributed by atoms with van der Waals surface area (Å²) < 4.78 is 0. The van der Waals surface area contributed by atoms with Crippen LogP contribution in [0.5, 0.6) is 0 Å². The Hall–Kier alpha value is -1.41. The van der Waals surface area contributed by atoms with Gasteiger partial charge in [-0.25, -0.2) is 0 Å². The second kappa shape index (κ2) is 3.99. The molecule has 0 amide bonds. The molecule has 15 heavy (non-hydrogen) atoms. The summed E-state index contributed by atoms with van der Waals surface area (Å²) in [5, 5.41) is 2.12. The van der Waals surface area contributed by atoms with E-state index < -0.39 is 0 Å². The van der Waals surface area contributed by atoms with Crippen LogP contribution in [0.15, 0.2) is 29.6 Å². The van der Waals surface area contributed by atoms with Crippen molar-refractivity contribution >= 4 is 17.6 Å². The molecule has 0 aliphatic carbocycles. The Kier molecular flexibility index (Phi) is 2.69. The number of carbonyl (C=O) groups excluding carboxylic acids is 1. The second-order valence-corrected chi connectivity index (χ2v) is 4.65. The SMILES string of the molecule is Cc1cc(C=O)cc(-c2cc(C)cs2)c1. The van der Waals surface area contributed by atoms with Crippen molar-refractivity contribution in [1.82, 2.24) is 0 Å². The van der Waals surface area contributed by atoms with E-state index in [-0.39, 0.29) is 0 Å². The van der Waals surface area contributed by atoms with Crippen LogP contribution < -0.4 is 0 Å². The second-order valence-electron chi connectivity index (χ2n) is 3.74. The largest absolute Gasteiger partial charge is 0.298 e. The van der Waals surface area contributed by atoms with E-state index in [0.717, 1.165) is 23.0 Å². The maximum absolute atomic E-state index is 10.8. The molecule has 0 saturated carbocycles. The van der Waals surface area contributed by atoms with Crippen molar-refractivity contribution in [2.75, 3.05) is 0 Å². The van der Waals surface area contributed by atoms with Crippen molar-refractivity contribution in [3.63, 3.8) is 0 Å². The predicted octanol–water partition coefficient (Wildman–Crippen LogP) is 3.84. The highest BCUT2D eigenvalue weighted by Gasteiger charge is 2.03. The highest BCUT2D eigenvalue weighted by Crippen LogP contribution is 2.28. The fourth-order valence-corrected chi connectivity index (χ4v) is 2.49. The molecule has 1 nitrogen and oxygen atoms in total. The van der Waals surface area contributed by atoms with Gasteiger partial charge < -0.3 is 0 Å². The lowest BCUT2D eigenvalue weighted by Crippen LogP contribution is -1.83. The maximum atomic E-state index is 10.8. The molecule has 0 aliphatic rings. The van der Waals surface area contributed by atoms with Crippen LogP contribution >= 0.6 is 11.3 Å². The third-order valence-electron chi connectivity index (χ3n) is 2.25. The van der Waals surface area contributed by atoms with Crippen molar-refractivity contribution in [2.45, 2.75) is 13.8 Å². The highest BCUT2D eigenvalue weighted by molar-refractivity contribution is 7.13. The summed E-state index contributed by atoms with van der Waals surface area (Å²) in [7, 11) is 0. The molecular weight excluding hydrogens is 204 g/mol. The molecule has 0 aliphatic heterocycles. The Morgan fingerprint density at radius 1 is 1.07 bits per heavy atom. The number of hydrogen-bond donors (Lipinski definition) is 0. The van der Waals surface area contributed by atoms with Crippen LogP contribution in [-0.4, -0.2) is 6.29 Å². The van der Waals surface area contributed by atoms with Crippen molar-refractivity contribution in [1.29, 1.82) is 0 Å². The quantitative estimate of drug-likeness (QED) is 0.697. The van der Waals surface area contributed by atoms with Crippen molar-refractivity contribution in [3.05, 3.63) is 46.3 Å². The molecular formula is C13H12OS. The lowest BCUT2D eigenvalue weighted by Gasteiger charge is -2.01. The number of rotatable bonds is 2. The van der Waals surface area contributed by atoms with Crippen molar-refractivity contribution in [3.8, 4) is 10.4 Å². The van der Waals surface area contributed by atoms with Crippen LogP contribution in [0.2, 0.25) is 0 Å². The van der Waals surface area contributed by atoms with Crippen molar-refractivity contribution in [2.24, 2.45) is 0 Å². The van der Waals surface area contributed by atoms with Crippen LogP contribution in [0.1, 0.15) is 21.5 Å². The van der Waals surface area contributed by atoms with Gasteiger partial charge in [0.1, 0.15) is 6.29 Å². The van der Waals surface area contributed by atoms with E-state index in [2.05, 4.69) is 24.4 Å². The fraction of sp³-hybridized carbons (Fsp3) is 0.154. The first-order valence-electron chi connectivity index (χ1n) is 4.81. The van der Waals surface area contributed by atoms with Crippen LogP contribution in [0.25, 0.3) is 10.4 Å². The molecule has 1 heterocycles. The predicted molar refractivity (Wildman–Crippen MR) is 64.6 cm³/mol. The molecule has 0 radical (unpaired) electrons. The Morgan fingerprint density at radius 3 is 2.47 bits per heavy atom. The minimum Gasteiger partial charge on any atom is -0.298 e. The van der Waals surface area contributed by atoms with E-state index in [1.807, 2.05) is 19.1 Å². The smallest absolute Gasteiger partial charge is 0.150 e. The van der Waals surface area contributed by atoms with E-state index in [0.29, 0.717) is 0 Å². The molecule has 1 aromatic carbocycles. The average Bonchev–Trinajstić information content (AvgIpc) is 2.64. The van der Waals surface area contributed by atoms with Crippen molar-refractivity contribution < 1.29 is 4.79 Å². The number of aldehydes is 1. The third-order valence-corrected chi connectivity index (χ3v) is 3.35. The lowest BCUT2D eigenvalue weighted by molar-refractivity contribution is 0.112. The average molecular weight is 216 g/mol. The van der Waals surface area contributed by atoms with E-state index >= 15 is 0 Å². The summed E-state index contributed by atoms with van der Waals surface area (Å²) in [4.78, 5) is 12.0. The van der Waals surface area contributed by atoms with Gasteiger partial charge in [-0.05, 0) is 54.1 Å². The topological polar surface area (TPSA) is 17.1 Å². The van der Waals surface area contributed by atoms with Gasteiger partial charge in [0.05, 0.1) is 0 Å². The summed E-state index contributed by atoms with van der Waals surface area (Å²) in [6.45, 7) is 4.09. The number of hydrogen-bond acceptors (Lipinski definition) is 2. The highest BCUT2D eigenvalue weighted by atomic mass is 32.1. The molecule has 0 saturated heterocycles. The minimum atomic E-state index is 0.746. The molecule has 0 unspecified atom stereocenters. The van der Waals surface area contributed by atoms with E-state index in [9.17, 15) is 4.79 Å². The molecule has 2 aromatic rings. The standard InChI is InChI=1S/C13H12OS/c1-9-3-11(7-14)6-12(4-9)13-5-10(2)8-15-13/h3-8H,1-2H3. The maximum Gasteiger partial charge on any atom is 0.150 e. The zero-order valence-corrected chi connectivity index (χ0v) is 9.60. The summed E-state index contributed by atoms with van der Waals surface area (Å²) in [5.41, 5.74) is 4.27. The molecule has 2 rings (SSSR count). The Morgan fingerprint density at radius 2 is 1.87 bits per heavy atom. The molecule has 0 fully saturated rings. The zero-order chi connectivity index (χ0) is 10.8. The van der Waals surface area contributed by atoms with Gasteiger partial charge in [-0.15, -0.1) is 11.3 Å². The van der Waals surface area contributed by atoms with E-state index in [4.69, 9.17) is 0 Å². The van der Waals surface area contributed by atoms with Crippen LogP contribution in [0.3, 0.4) is 0 Å². The summed E-state index contributed by atoms with van der Waals surface area (Å²) >= 11 is 1.71. The summed E-state index contributed by atoms with van der Waals surface area (Å²) in [5.74, 6) is 0. The van der Waals surface area contributed by atoms with Gasteiger partial charge >= 0.3 is 0 Å². The minimum absolute atomic E-state index is 0.746. The molecule has 76 valence electrons. The number of benzene rings is 1. The van der Waals surface area contributed by atoms with Crippen LogP contribution in [-0.2, 0) is 0 Å². The summed E-state index contributed by atoms with van der Waals surface area (Å²) in [6.07, 6.45) is 0.900. The van der Waals surface area contributed by atoms with Gasteiger partial charge in [0.25, 0.3) is 0 Å². The first kappa shape index (κ1) is 10.1. The van der Waals surface area contributed by atoms with Gasteiger partial charge in [-0.2, -0.15) is 0 Å². The van der Waals surface area contributed by atoms with Gasteiger partial charge in [-0.1, -0.05) is 6.07 Å². The zero-order valence-electron chi connectivity index (χ0n) is 8.78. The Balaban J connectivity index is 2.52. The van der Waals surface area contributed by atoms with Crippen LogP contribution in [0, 0.1) is 13.8 Å². The summed E-state index contributed by atoms with van der Waals surface area (Å²) in [6, 6.07) is 8.09. The van der Waals surface area contributed by atoms with Gasteiger partial charge in [0.2, 0.25) is 0 Å². The van der Waals surface area contributed by atoms with E-state index in [1.165, 1.54) is 10.4 Å². The number of carbonyl (C=O) groups is 1. The van der Waals surface area contributed by atoms with Gasteiger partial charge in [0.15, 0.2) is 0 Å². The molecule has 0 spiro atoms. The van der Waals surface area contributed by atoms with Crippen LogP contribution in [0.4, 0.5) is 0 Å². The van der Waals surface area contributed by atoms with E-state index in [1.54, 1.807) is 11.3 Å². The first-order valence-corrected chi connectivity index (χ1v) is 5.69. The number of aryl methyl sites for hydroxylation is 2. The lowest BCUT2D eigenvalue weighted by atomic mass is 10.1. The fourth-order valence-electron chi connectivity index (χ4n) is 1.61. The third kappa shape index (κ3) is 2.16. The monoisotopic (exact) mass is 216 g/mol. The van der Waals surface area contributed by atoms with Gasteiger partial charge in [-0.3, -0.25) is 4.79 Å². The van der Waals surface area contributed by atoms with Gasteiger partial charge in [0, 0.05) is 10.4 Å². The normalized spacial score (nSPS) is 10.3. The molecule has 0 atom stereocenters. The molecule has 0 N–H and O–H groups in total. The first-order chi connectivity index (χ1) is 7.19. The Bertz CT molecular complexity index is 497. The Labute approximate surface area is 93.4 Å². The molecule has 1 aromatic heterocycles. The molecule has 0 bridgehead atoms. The number of thiophene rings is 1. The molecule has 2 heteroatoms.